The minimum absolute atomic E-state index is 0.331. The molecule has 0 saturated heterocycles. The standard InChI is InChI=1S/C24H27N3O3/c1-15-6-8-16(9-7-15)14-30-19-11-10-17(12-20(19)29-5)21-18(13-25)22(24(2,3)4)27-23(28)26-21/h6-12,21H,14H2,1-5H3,(H2,26,27,28)/t21-/m0/s1. The van der Waals surface area contributed by atoms with Crippen LogP contribution in [0.25, 0.3) is 0 Å². The highest BCUT2D eigenvalue weighted by Crippen LogP contribution is 2.37. The van der Waals surface area contributed by atoms with Crippen molar-refractivity contribution in [2.75, 3.05) is 7.11 Å². The average molecular weight is 405 g/mol. The van der Waals surface area contributed by atoms with E-state index in [9.17, 15) is 10.1 Å². The second-order valence-electron chi connectivity index (χ2n) is 8.37. The van der Waals surface area contributed by atoms with Crippen LogP contribution >= 0.6 is 0 Å². The second kappa shape index (κ2) is 8.50. The van der Waals surface area contributed by atoms with Gasteiger partial charge in [-0.2, -0.15) is 5.26 Å². The molecule has 156 valence electrons. The molecule has 2 aromatic rings. The molecule has 2 aromatic carbocycles. The summed E-state index contributed by atoms with van der Waals surface area (Å²) < 4.78 is 11.5. The van der Waals surface area contributed by atoms with Gasteiger partial charge in [-0.1, -0.05) is 56.7 Å². The van der Waals surface area contributed by atoms with Gasteiger partial charge < -0.3 is 20.1 Å². The van der Waals surface area contributed by atoms with E-state index in [0.29, 0.717) is 29.4 Å². The smallest absolute Gasteiger partial charge is 0.319 e. The number of methoxy groups -OCH3 is 1. The van der Waals surface area contributed by atoms with Crippen LogP contribution in [0.2, 0.25) is 0 Å². The first-order valence-electron chi connectivity index (χ1n) is 9.81. The number of carbonyl (C=O) groups excluding carboxylic acids is 1. The third-order valence-electron chi connectivity index (χ3n) is 4.98. The van der Waals surface area contributed by atoms with Crippen molar-refractivity contribution in [3.63, 3.8) is 0 Å². The highest BCUT2D eigenvalue weighted by molar-refractivity contribution is 5.80. The van der Waals surface area contributed by atoms with Crippen LogP contribution in [0, 0.1) is 23.7 Å². The topological polar surface area (TPSA) is 83.4 Å². The van der Waals surface area contributed by atoms with Gasteiger partial charge in [0, 0.05) is 11.1 Å². The summed E-state index contributed by atoms with van der Waals surface area (Å²) in [6.45, 7) is 8.35. The normalized spacial score (nSPS) is 16.4. The number of urea groups is 1. The van der Waals surface area contributed by atoms with Crippen LogP contribution < -0.4 is 20.1 Å². The Kier molecular flexibility index (Phi) is 6.02. The quantitative estimate of drug-likeness (QED) is 0.751. The highest BCUT2D eigenvalue weighted by atomic mass is 16.5. The fraction of sp³-hybridized carbons (Fsp3) is 0.333. The average Bonchev–Trinajstić information content (AvgIpc) is 2.72. The minimum Gasteiger partial charge on any atom is -0.493 e. The molecule has 1 atom stereocenters. The van der Waals surface area contributed by atoms with Gasteiger partial charge in [-0.25, -0.2) is 4.79 Å². The fourth-order valence-electron chi connectivity index (χ4n) is 3.35. The van der Waals surface area contributed by atoms with E-state index in [4.69, 9.17) is 9.47 Å². The van der Waals surface area contributed by atoms with E-state index in [0.717, 1.165) is 11.1 Å². The predicted octanol–water partition coefficient (Wildman–Crippen LogP) is 4.76. The zero-order valence-corrected chi connectivity index (χ0v) is 18.0. The lowest BCUT2D eigenvalue weighted by Gasteiger charge is -2.33. The van der Waals surface area contributed by atoms with Gasteiger partial charge in [0.2, 0.25) is 0 Å². The van der Waals surface area contributed by atoms with E-state index in [1.54, 1.807) is 13.2 Å². The molecular weight excluding hydrogens is 378 g/mol. The Morgan fingerprint density at radius 2 is 1.80 bits per heavy atom. The van der Waals surface area contributed by atoms with Crippen molar-refractivity contribution in [1.29, 1.82) is 5.26 Å². The lowest BCUT2D eigenvalue weighted by molar-refractivity contribution is 0.235. The van der Waals surface area contributed by atoms with Crippen molar-refractivity contribution >= 4 is 6.03 Å². The molecule has 1 heterocycles. The highest BCUT2D eigenvalue weighted by Gasteiger charge is 2.34. The number of nitriles is 1. The van der Waals surface area contributed by atoms with Crippen LogP contribution in [-0.2, 0) is 6.61 Å². The molecule has 0 bridgehead atoms. The molecule has 0 fully saturated rings. The molecule has 6 heteroatoms. The number of aryl methyl sites for hydroxylation is 1. The van der Waals surface area contributed by atoms with Crippen LogP contribution in [0.4, 0.5) is 4.79 Å². The summed E-state index contributed by atoms with van der Waals surface area (Å²) in [6, 6.07) is 15.0. The lowest BCUT2D eigenvalue weighted by atomic mass is 9.84. The van der Waals surface area contributed by atoms with E-state index in [2.05, 4.69) is 16.7 Å². The summed E-state index contributed by atoms with van der Waals surface area (Å²) in [5.74, 6) is 1.14. The van der Waals surface area contributed by atoms with Gasteiger partial charge in [0.25, 0.3) is 0 Å². The zero-order chi connectivity index (χ0) is 21.9. The van der Waals surface area contributed by atoms with Crippen LogP contribution in [0.3, 0.4) is 0 Å². The molecule has 0 unspecified atom stereocenters. The Balaban J connectivity index is 1.90. The monoisotopic (exact) mass is 405 g/mol. The molecule has 2 amide bonds. The summed E-state index contributed by atoms with van der Waals surface area (Å²) in [7, 11) is 1.57. The van der Waals surface area contributed by atoms with Gasteiger partial charge in [-0.05, 0) is 30.2 Å². The van der Waals surface area contributed by atoms with E-state index >= 15 is 0 Å². The maximum atomic E-state index is 12.2. The predicted molar refractivity (Wildman–Crippen MR) is 115 cm³/mol. The Bertz CT molecular complexity index is 1010. The van der Waals surface area contributed by atoms with Gasteiger partial charge in [0.05, 0.1) is 24.8 Å². The van der Waals surface area contributed by atoms with Crippen molar-refractivity contribution in [3.8, 4) is 17.6 Å². The molecule has 6 nitrogen and oxygen atoms in total. The van der Waals surface area contributed by atoms with Crippen molar-refractivity contribution in [2.45, 2.75) is 40.3 Å². The molecule has 2 N–H and O–H groups in total. The summed E-state index contributed by atoms with van der Waals surface area (Å²) >= 11 is 0. The number of hydrogen-bond donors (Lipinski definition) is 2. The number of carbonyl (C=O) groups is 1. The molecule has 3 rings (SSSR count). The largest absolute Gasteiger partial charge is 0.493 e. The maximum absolute atomic E-state index is 12.2. The number of rotatable bonds is 5. The second-order valence-corrected chi connectivity index (χ2v) is 8.37. The summed E-state index contributed by atoms with van der Waals surface area (Å²) in [5, 5.41) is 15.4. The molecule has 0 aliphatic carbocycles. The van der Waals surface area contributed by atoms with E-state index in [1.807, 2.05) is 64.1 Å². The molecule has 0 saturated carbocycles. The number of hydrogen-bond acceptors (Lipinski definition) is 4. The number of ether oxygens (including phenoxy) is 2. The van der Waals surface area contributed by atoms with Gasteiger partial charge in [0.1, 0.15) is 6.61 Å². The molecule has 1 aliphatic rings. The van der Waals surface area contributed by atoms with Gasteiger partial charge in [-0.15, -0.1) is 0 Å². The lowest BCUT2D eigenvalue weighted by Crippen LogP contribution is -2.46. The third-order valence-corrected chi connectivity index (χ3v) is 4.98. The van der Waals surface area contributed by atoms with Crippen LogP contribution in [0.1, 0.15) is 43.5 Å². The Morgan fingerprint density at radius 1 is 1.10 bits per heavy atom. The maximum Gasteiger partial charge on any atom is 0.319 e. The summed E-state index contributed by atoms with van der Waals surface area (Å²) in [5.41, 5.74) is 3.74. The SMILES string of the molecule is COc1cc([C@@H]2NC(=O)NC(C(C)(C)C)=C2C#N)ccc1OCc1ccc(C)cc1. The first kappa shape index (κ1) is 21.3. The first-order valence-corrected chi connectivity index (χ1v) is 9.81. The number of benzene rings is 2. The van der Waals surface area contributed by atoms with E-state index in [1.165, 1.54) is 5.56 Å². The molecule has 1 aliphatic heterocycles. The fourth-order valence-corrected chi connectivity index (χ4v) is 3.35. The van der Waals surface area contributed by atoms with Crippen LogP contribution in [0.15, 0.2) is 53.7 Å². The molecule has 0 aromatic heterocycles. The first-order chi connectivity index (χ1) is 14.2. The van der Waals surface area contributed by atoms with E-state index in [-0.39, 0.29) is 11.4 Å². The number of amides is 2. The Morgan fingerprint density at radius 3 is 2.40 bits per heavy atom. The minimum atomic E-state index is -0.557. The van der Waals surface area contributed by atoms with Gasteiger partial charge in [0.15, 0.2) is 11.5 Å². The number of nitrogens with zero attached hydrogens (tertiary/aromatic N) is 1. The number of allylic oxidation sites excluding steroid dienone is 1. The van der Waals surface area contributed by atoms with Crippen molar-refractivity contribution in [2.24, 2.45) is 5.41 Å². The molecule has 0 radical (unpaired) electrons. The van der Waals surface area contributed by atoms with Crippen LogP contribution in [-0.4, -0.2) is 13.1 Å². The van der Waals surface area contributed by atoms with Crippen molar-refractivity contribution < 1.29 is 14.3 Å². The Hall–Kier alpha value is -3.46. The van der Waals surface area contributed by atoms with Crippen molar-refractivity contribution in [1.82, 2.24) is 10.6 Å². The zero-order valence-electron chi connectivity index (χ0n) is 18.0. The molecule has 30 heavy (non-hydrogen) atoms. The van der Waals surface area contributed by atoms with E-state index < -0.39 is 6.04 Å². The van der Waals surface area contributed by atoms with Crippen molar-refractivity contribution in [3.05, 3.63) is 70.4 Å². The third kappa shape index (κ3) is 4.57. The number of nitrogens with one attached hydrogen (secondary N) is 2. The van der Waals surface area contributed by atoms with Gasteiger partial charge >= 0.3 is 6.03 Å². The molecular formula is C24H27N3O3. The van der Waals surface area contributed by atoms with Gasteiger partial charge in [-0.3, -0.25) is 0 Å². The summed E-state index contributed by atoms with van der Waals surface area (Å²) in [6.07, 6.45) is 0. The summed E-state index contributed by atoms with van der Waals surface area (Å²) in [4.78, 5) is 12.2. The van der Waals surface area contributed by atoms with Crippen LogP contribution in [0.5, 0.6) is 11.5 Å². The Labute approximate surface area is 177 Å². The molecule has 0 spiro atoms.